The molecule has 1 aromatic carbocycles. The van der Waals surface area contributed by atoms with Gasteiger partial charge >= 0.3 is 6.18 Å². The Balaban J connectivity index is 1.53. The third-order valence-corrected chi connectivity index (χ3v) is 5.10. The molecule has 3 heterocycles. The number of aromatic nitrogens is 2. The minimum atomic E-state index is -4.49. The van der Waals surface area contributed by atoms with Gasteiger partial charge in [-0.1, -0.05) is 16.8 Å². The number of benzene rings is 1. The fourth-order valence-corrected chi connectivity index (χ4v) is 3.42. The number of pyridine rings is 1. The van der Waals surface area contributed by atoms with Crippen LogP contribution in [0.3, 0.4) is 0 Å². The summed E-state index contributed by atoms with van der Waals surface area (Å²) in [6.45, 7) is -1.05. The van der Waals surface area contributed by atoms with Gasteiger partial charge in [-0.05, 0) is 12.1 Å². The van der Waals surface area contributed by atoms with Gasteiger partial charge in [0.05, 0.1) is 28.4 Å². The Morgan fingerprint density at radius 2 is 2.03 bits per heavy atom. The molecule has 0 bridgehead atoms. The molecule has 0 aliphatic carbocycles. The summed E-state index contributed by atoms with van der Waals surface area (Å²) in [4.78, 5) is 18.1. The SMILES string of the molecule is O=C(c1ccc(OCC(F)(F)F)nc1)N1CCc2noc(-c3cc(Cl)c(O)cc3O)c2C1. The zero-order chi connectivity index (χ0) is 23.0. The van der Waals surface area contributed by atoms with E-state index in [-0.39, 0.29) is 45.8 Å². The number of fused-ring (bicyclic) bond motifs is 1. The first-order chi connectivity index (χ1) is 15.1. The smallest absolute Gasteiger partial charge is 0.422 e. The molecule has 0 saturated carbocycles. The lowest BCUT2D eigenvalue weighted by atomic mass is 10.0. The zero-order valence-corrected chi connectivity index (χ0v) is 16.9. The van der Waals surface area contributed by atoms with Crippen LogP contribution in [-0.2, 0) is 13.0 Å². The Bertz CT molecular complexity index is 1160. The number of nitrogens with zero attached hydrogens (tertiary/aromatic N) is 3. The predicted molar refractivity (Wildman–Crippen MR) is 105 cm³/mol. The Hall–Kier alpha value is -3.47. The van der Waals surface area contributed by atoms with E-state index in [9.17, 15) is 28.2 Å². The first kappa shape index (κ1) is 21.8. The maximum Gasteiger partial charge on any atom is 0.422 e. The van der Waals surface area contributed by atoms with Crippen LogP contribution < -0.4 is 4.74 Å². The van der Waals surface area contributed by atoms with Crippen molar-refractivity contribution in [2.45, 2.75) is 19.1 Å². The van der Waals surface area contributed by atoms with Crippen LogP contribution in [-0.4, -0.2) is 50.5 Å². The highest BCUT2D eigenvalue weighted by Gasteiger charge is 2.30. The van der Waals surface area contributed by atoms with Gasteiger partial charge in [-0.3, -0.25) is 4.79 Å². The van der Waals surface area contributed by atoms with Gasteiger partial charge in [0, 0.05) is 36.9 Å². The highest BCUT2D eigenvalue weighted by Crippen LogP contribution is 2.40. The van der Waals surface area contributed by atoms with Gasteiger partial charge < -0.3 is 24.4 Å². The molecule has 168 valence electrons. The molecule has 1 amide bonds. The topological polar surface area (TPSA) is 109 Å². The molecule has 2 N–H and O–H groups in total. The molecular formula is C20H15ClF3N3O5. The molecule has 3 aromatic rings. The molecule has 8 nitrogen and oxygen atoms in total. The molecule has 1 aliphatic rings. The molecule has 0 atom stereocenters. The Labute approximate surface area is 183 Å². The van der Waals surface area contributed by atoms with E-state index in [4.69, 9.17) is 16.1 Å². The second-order valence-corrected chi connectivity index (χ2v) is 7.43. The van der Waals surface area contributed by atoms with Crippen molar-refractivity contribution in [1.82, 2.24) is 15.0 Å². The molecular weight excluding hydrogens is 455 g/mol. The van der Waals surface area contributed by atoms with Crippen molar-refractivity contribution >= 4 is 17.5 Å². The average Bonchev–Trinajstić information content (AvgIpc) is 3.17. The van der Waals surface area contributed by atoms with Crippen molar-refractivity contribution in [2.75, 3.05) is 13.2 Å². The fraction of sp³-hybridized carbons (Fsp3) is 0.250. The molecule has 4 rings (SSSR count). The number of aromatic hydroxyl groups is 2. The van der Waals surface area contributed by atoms with Gasteiger partial charge in [0.1, 0.15) is 11.5 Å². The number of carbonyl (C=O) groups is 1. The van der Waals surface area contributed by atoms with E-state index in [2.05, 4.69) is 14.9 Å². The lowest BCUT2D eigenvalue weighted by molar-refractivity contribution is -0.154. The molecule has 0 spiro atoms. The summed E-state index contributed by atoms with van der Waals surface area (Å²) in [6, 6.07) is 4.93. The molecule has 0 fully saturated rings. The van der Waals surface area contributed by atoms with Crippen LogP contribution in [0.2, 0.25) is 5.02 Å². The zero-order valence-electron chi connectivity index (χ0n) is 16.2. The van der Waals surface area contributed by atoms with E-state index < -0.39 is 18.7 Å². The summed E-state index contributed by atoms with van der Waals surface area (Å²) in [5.74, 6) is -1.00. The lowest BCUT2D eigenvalue weighted by Gasteiger charge is -2.26. The highest BCUT2D eigenvalue weighted by molar-refractivity contribution is 6.32. The van der Waals surface area contributed by atoms with Crippen LogP contribution in [0.4, 0.5) is 13.2 Å². The minimum Gasteiger partial charge on any atom is -0.507 e. The van der Waals surface area contributed by atoms with E-state index in [1.165, 1.54) is 23.1 Å². The number of phenols is 2. The molecule has 32 heavy (non-hydrogen) atoms. The maximum absolute atomic E-state index is 12.9. The first-order valence-electron chi connectivity index (χ1n) is 9.26. The van der Waals surface area contributed by atoms with Crippen LogP contribution in [0.25, 0.3) is 11.3 Å². The normalized spacial score (nSPS) is 13.7. The van der Waals surface area contributed by atoms with E-state index in [1.54, 1.807) is 0 Å². The quantitative estimate of drug-likeness (QED) is 0.595. The second-order valence-electron chi connectivity index (χ2n) is 7.02. The molecule has 1 aliphatic heterocycles. The van der Waals surface area contributed by atoms with Gasteiger partial charge in [-0.15, -0.1) is 0 Å². The average molecular weight is 470 g/mol. The number of carbonyl (C=O) groups excluding carboxylic acids is 1. The number of hydrogen-bond donors (Lipinski definition) is 2. The Morgan fingerprint density at radius 1 is 1.25 bits per heavy atom. The number of alkyl halides is 3. The van der Waals surface area contributed by atoms with Crippen molar-refractivity contribution in [3.63, 3.8) is 0 Å². The number of phenolic OH excluding ortho intramolecular Hbond substituents is 2. The van der Waals surface area contributed by atoms with Gasteiger partial charge in [0.25, 0.3) is 5.91 Å². The number of amides is 1. The van der Waals surface area contributed by atoms with Crippen molar-refractivity contribution < 1.29 is 37.4 Å². The molecule has 12 heteroatoms. The Morgan fingerprint density at radius 3 is 2.72 bits per heavy atom. The maximum atomic E-state index is 12.9. The highest BCUT2D eigenvalue weighted by atomic mass is 35.5. The third kappa shape index (κ3) is 4.42. The van der Waals surface area contributed by atoms with E-state index in [0.29, 0.717) is 24.2 Å². The van der Waals surface area contributed by atoms with E-state index in [1.807, 2.05) is 0 Å². The second kappa shape index (κ2) is 8.23. The summed E-state index contributed by atoms with van der Waals surface area (Å²) in [6.07, 6.45) is -2.96. The van der Waals surface area contributed by atoms with Crippen LogP contribution in [0.1, 0.15) is 21.6 Å². The summed E-state index contributed by atoms with van der Waals surface area (Å²) in [5, 5.41) is 23.8. The molecule has 0 saturated heterocycles. The summed E-state index contributed by atoms with van der Waals surface area (Å²) >= 11 is 5.94. The standard InChI is InChI=1S/C20H15ClF3N3O5/c21-13-5-11(15(28)6-16(13)29)18-12-8-27(4-3-14(12)26-32-18)19(30)10-1-2-17(25-7-10)31-9-20(22,23)24/h1-2,5-7,28-29H,3-4,8-9H2. The van der Waals surface area contributed by atoms with Crippen LogP contribution in [0, 0.1) is 0 Å². The van der Waals surface area contributed by atoms with Crippen molar-refractivity contribution in [3.05, 3.63) is 52.3 Å². The van der Waals surface area contributed by atoms with Crippen LogP contribution in [0.5, 0.6) is 17.4 Å². The molecule has 0 radical (unpaired) electrons. The number of ether oxygens (including phenoxy) is 1. The van der Waals surface area contributed by atoms with Gasteiger partial charge in [-0.25, -0.2) is 4.98 Å². The molecule has 0 unspecified atom stereocenters. The van der Waals surface area contributed by atoms with Crippen LogP contribution >= 0.6 is 11.6 Å². The Kier molecular flexibility index (Phi) is 5.59. The first-order valence-corrected chi connectivity index (χ1v) is 9.64. The van der Waals surface area contributed by atoms with E-state index in [0.717, 1.165) is 12.3 Å². The van der Waals surface area contributed by atoms with Crippen molar-refractivity contribution in [2.24, 2.45) is 0 Å². The van der Waals surface area contributed by atoms with Gasteiger partial charge in [0.2, 0.25) is 5.88 Å². The van der Waals surface area contributed by atoms with Crippen molar-refractivity contribution in [1.29, 1.82) is 0 Å². The number of halogens is 4. The largest absolute Gasteiger partial charge is 0.507 e. The van der Waals surface area contributed by atoms with Crippen LogP contribution in [0.15, 0.2) is 35.0 Å². The lowest BCUT2D eigenvalue weighted by Crippen LogP contribution is -2.36. The monoisotopic (exact) mass is 469 g/mol. The fourth-order valence-electron chi connectivity index (χ4n) is 3.26. The number of rotatable bonds is 4. The van der Waals surface area contributed by atoms with E-state index >= 15 is 0 Å². The minimum absolute atomic E-state index is 0.00518. The third-order valence-electron chi connectivity index (χ3n) is 4.80. The molecule has 2 aromatic heterocycles. The summed E-state index contributed by atoms with van der Waals surface area (Å²) < 4.78 is 46.7. The van der Waals surface area contributed by atoms with Crippen molar-refractivity contribution in [3.8, 4) is 28.7 Å². The number of hydrogen-bond acceptors (Lipinski definition) is 7. The summed E-state index contributed by atoms with van der Waals surface area (Å²) in [5.41, 5.74) is 1.56. The van der Waals surface area contributed by atoms with Gasteiger partial charge in [0.15, 0.2) is 12.4 Å². The van der Waals surface area contributed by atoms with Gasteiger partial charge in [-0.2, -0.15) is 13.2 Å². The summed E-state index contributed by atoms with van der Waals surface area (Å²) in [7, 11) is 0. The predicted octanol–water partition coefficient (Wildman–Crippen LogP) is 3.94.